The molecule has 0 radical (unpaired) electrons. The fourth-order valence-corrected chi connectivity index (χ4v) is 2.08. The highest BCUT2D eigenvalue weighted by atomic mass is 16.4. The van der Waals surface area contributed by atoms with Crippen molar-refractivity contribution in [2.45, 2.75) is 13.0 Å². The highest BCUT2D eigenvalue weighted by Gasteiger charge is 2.05. The van der Waals surface area contributed by atoms with Gasteiger partial charge in [-0.3, -0.25) is 4.98 Å². The van der Waals surface area contributed by atoms with Crippen molar-refractivity contribution in [1.82, 2.24) is 4.98 Å². The largest absolute Gasteiger partial charge is 0.545 e. The Balaban J connectivity index is 1.85. The Morgan fingerprint density at radius 2 is 1.95 bits per heavy atom. The van der Waals surface area contributed by atoms with Crippen molar-refractivity contribution in [2.75, 3.05) is 13.6 Å². The molecular formula is C16H18N2O2. The molecule has 1 aromatic carbocycles. The molecule has 0 aliphatic rings. The number of carboxylic acids is 1. The van der Waals surface area contributed by atoms with Gasteiger partial charge >= 0.3 is 0 Å². The smallest absolute Gasteiger partial charge is 0.103 e. The van der Waals surface area contributed by atoms with Gasteiger partial charge in [0.25, 0.3) is 0 Å². The molecule has 1 unspecified atom stereocenters. The summed E-state index contributed by atoms with van der Waals surface area (Å²) in [6.45, 7) is 1.85. The summed E-state index contributed by atoms with van der Waals surface area (Å²) in [4.78, 5) is 16.3. The average Bonchev–Trinajstić information content (AvgIpc) is 2.47. The number of carboxylic acid groups (broad SMARTS) is 1. The fourth-order valence-electron chi connectivity index (χ4n) is 2.08. The van der Waals surface area contributed by atoms with Crippen molar-refractivity contribution in [2.24, 2.45) is 0 Å². The SMILES string of the molecule is C[NH+](CCc1ccccn1)Cc1ccc(C(=O)[O-])cc1. The van der Waals surface area contributed by atoms with Crippen LogP contribution in [0.5, 0.6) is 0 Å². The first kappa shape index (κ1) is 14.2. The summed E-state index contributed by atoms with van der Waals surface area (Å²) < 4.78 is 0. The summed E-state index contributed by atoms with van der Waals surface area (Å²) in [5.74, 6) is -1.13. The van der Waals surface area contributed by atoms with Crippen LogP contribution >= 0.6 is 0 Å². The molecule has 0 bridgehead atoms. The Kier molecular flexibility index (Phi) is 4.85. The van der Waals surface area contributed by atoms with Gasteiger partial charge in [0.1, 0.15) is 6.54 Å². The van der Waals surface area contributed by atoms with Crippen LogP contribution in [-0.2, 0) is 13.0 Å². The second-order valence-corrected chi connectivity index (χ2v) is 4.94. The number of pyridine rings is 1. The maximum absolute atomic E-state index is 10.7. The minimum Gasteiger partial charge on any atom is -0.545 e. The van der Waals surface area contributed by atoms with E-state index < -0.39 is 5.97 Å². The number of carbonyl (C=O) groups is 1. The number of likely N-dealkylation sites (N-methyl/N-ethyl adjacent to an activating group) is 1. The van der Waals surface area contributed by atoms with E-state index in [1.807, 2.05) is 36.5 Å². The molecule has 1 aromatic heterocycles. The Bertz CT molecular complexity index is 552. The number of aromatic nitrogens is 1. The van der Waals surface area contributed by atoms with Crippen molar-refractivity contribution >= 4 is 5.97 Å². The molecule has 2 rings (SSSR count). The topological polar surface area (TPSA) is 57.5 Å². The molecule has 0 aliphatic carbocycles. The minimum absolute atomic E-state index is 0.222. The van der Waals surface area contributed by atoms with E-state index in [9.17, 15) is 9.90 Å². The van der Waals surface area contributed by atoms with E-state index in [0.717, 1.165) is 30.8 Å². The Morgan fingerprint density at radius 1 is 1.20 bits per heavy atom. The third kappa shape index (κ3) is 4.17. The van der Waals surface area contributed by atoms with Crippen LogP contribution in [0.4, 0.5) is 0 Å². The number of hydrogen-bond acceptors (Lipinski definition) is 3. The van der Waals surface area contributed by atoms with Crippen molar-refractivity contribution in [3.63, 3.8) is 0 Å². The fraction of sp³-hybridized carbons (Fsp3) is 0.250. The molecule has 0 amide bonds. The van der Waals surface area contributed by atoms with Gasteiger partial charge in [-0.1, -0.05) is 30.3 Å². The Labute approximate surface area is 118 Å². The highest BCUT2D eigenvalue weighted by molar-refractivity contribution is 5.85. The molecule has 0 saturated carbocycles. The Hall–Kier alpha value is -2.20. The van der Waals surface area contributed by atoms with E-state index in [1.54, 1.807) is 12.1 Å². The van der Waals surface area contributed by atoms with E-state index in [-0.39, 0.29) is 5.56 Å². The third-order valence-electron chi connectivity index (χ3n) is 3.23. The van der Waals surface area contributed by atoms with Crippen molar-refractivity contribution in [3.05, 3.63) is 65.5 Å². The quantitative estimate of drug-likeness (QED) is 0.784. The van der Waals surface area contributed by atoms with Gasteiger partial charge in [0.15, 0.2) is 0 Å². The zero-order chi connectivity index (χ0) is 14.4. The van der Waals surface area contributed by atoms with E-state index >= 15 is 0 Å². The van der Waals surface area contributed by atoms with Crippen molar-refractivity contribution in [3.8, 4) is 0 Å². The second kappa shape index (κ2) is 6.82. The molecule has 1 heterocycles. The maximum Gasteiger partial charge on any atom is 0.103 e. The van der Waals surface area contributed by atoms with Crippen LogP contribution < -0.4 is 10.0 Å². The van der Waals surface area contributed by atoms with Crippen LogP contribution in [0, 0.1) is 0 Å². The summed E-state index contributed by atoms with van der Waals surface area (Å²) >= 11 is 0. The number of nitrogens with zero attached hydrogens (tertiary/aromatic N) is 1. The predicted molar refractivity (Wildman–Crippen MR) is 74.2 cm³/mol. The first-order valence-corrected chi connectivity index (χ1v) is 6.66. The number of rotatable bonds is 6. The zero-order valence-corrected chi connectivity index (χ0v) is 11.5. The van der Waals surface area contributed by atoms with Crippen molar-refractivity contribution < 1.29 is 14.8 Å². The van der Waals surface area contributed by atoms with E-state index in [4.69, 9.17) is 0 Å². The van der Waals surface area contributed by atoms with Crippen LogP contribution in [0.1, 0.15) is 21.6 Å². The lowest BCUT2D eigenvalue weighted by Crippen LogP contribution is -3.07. The summed E-state index contributed by atoms with van der Waals surface area (Å²) in [5.41, 5.74) is 2.44. The van der Waals surface area contributed by atoms with Crippen molar-refractivity contribution in [1.29, 1.82) is 0 Å². The lowest BCUT2D eigenvalue weighted by molar-refractivity contribution is -0.893. The first-order valence-electron chi connectivity index (χ1n) is 6.66. The zero-order valence-electron chi connectivity index (χ0n) is 11.5. The summed E-state index contributed by atoms with van der Waals surface area (Å²) in [5, 5.41) is 10.7. The van der Waals surface area contributed by atoms with E-state index in [2.05, 4.69) is 12.0 Å². The van der Waals surface area contributed by atoms with E-state index in [0.29, 0.717) is 0 Å². The summed E-state index contributed by atoms with van der Waals surface area (Å²) in [6, 6.07) is 12.8. The molecule has 0 saturated heterocycles. The maximum atomic E-state index is 10.7. The molecule has 20 heavy (non-hydrogen) atoms. The number of aromatic carboxylic acids is 1. The molecule has 4 nitrogen and oxygen atoms in total. The second-order valence-electron chi connectivity index (χ2n) is 4.94. The van der Waals surface area contributed by atoms with E-state index in [1.165, 1.54) is 4.90 Å². The van der Waals surface area contributed by atoms with Crippen LogP contribution in [0.15, 0.2) is 48.7 Å². The normalized spacial score (nSPS) is 12.1. The predicted octanol–water partition coefficient (Wildman–Crippen LogP) is -0.297. The van der Waals surface area contributed by atoms with Gasteiger partial charge in [-0.15, -0.1) is 0 Å². The Morgan fingerprint density at radius 3 is 2.55 bits per heavy atom. The minimum atomic E-state index is -1.13. The van der Waals surface area contributed by atoms with Gasteiger partial charge in [-0.05, 0) is 17.7 Å². The molecular weight excluding hydrogens is 252 g/mol. The molecule has 0 fully saturated rings. The first-order chi connectivity index (χ1) is 9.65. The number of nitrogens with one attached hydrogen (secondary N) is 1. The lowest BCUT2D eigenvalue weighted by atomic mass is 10.1. The van der Waals surface area contributed by atoms with Crippen LogP contribution in [-0.4, -0.2) is 24.5 Å². The van der Waals surface area contributed by atoms with Gasteiger partial charge < -0.3 is 14.8 Å². The number of carbonyl (C=O) groups excluding carboxylic acids is 1. The third-order valence-corrected chi connectivity index (χ3v) is 3.23. The van der Waals surface area contributed by atoms with Crippen LogP contribution in [0.3, 0.4) is 0 Å². The molecule has 1 N–H and O–H groups in total. The average molecular weight is 270 g/mol. The van der Waals surface area contributed by atoms with Gasteiger partial charge in [-0.25, -0.2) is 0 Å². The molecule has 104 valence electrons. The number of quaternary nitrogens is 1. The molecule has 4 heteroatoms. The lowest BCUT2D eigenvalue weighted by Gasteiger charge is -2.14. The number of hydrogen-bond donors (Lipinski definition) is 1. The molecule has 1 atom stereocenters. The number of benzene rings is 1. The van der Waals surface area contributed by atoms with Gasteiger partial charge in [-0.2, -0.15) is 0 Å². The van der Waals surface area contributed by atoms with Crippen LogP contribution in [0.2, 0.25) is 0 Å². The van der Waals surface area contributed by atoms with Gasteiger partial charge in [0.05, 0.1) is 19.6 Å². The summed E-state index contributed by atoms with van der Waals surface area (Å²) in [6.07, 6.45) is 2.74. The van der Waals surface area contributed by atoms with Gasteiger partial charge in [0.2, 0.25) is 0 Å². The monoisotopic (exact) mass is 270 g/mol. The highest BCUT2D eigenvalue weighted by Crippen LogP contribution is 2.02. The van der Waals surface area contributed by atoms with Gasteiger partial charge in [0, 0.05) is 23.9 Å². The molecule has 0 spiro atoms. The standard InChI is InChI=1S/C16H18N2O2/c1-18(11-9-15-4-2-3-10-17-15)12-13-5-7-14(8-6-13)16(19)20/h2-8,10H,9,11-12H2,1H3,(H,19,20). The van der Waals surface area contributed by atoms with Crippen LogP contribution in [0.25, 0.3) is 0 Å². The summed E-state index contributed by atoms with van der Waals surface area (Å²) in [7, 11) is 2.12. The molecule has 2 aromatic rings. The molecule has 0 aliphatic heterocycles.